The largest absolute Gasteiger partial charge is 0.545 e. The van der Waals surface area contributed by atoms with E-state index in [1.807, 2.05) is 0 Å². The van der Waals surface area contributed by atoms with Gasteiger partial charge in [0.25, 0.3) is 11.8 Å². The third-order valence-corrected chi connectivity index (χ3v) is 5.52. The minimum Gasteiger partial charge on any atom is -0.545 e. The zero-order valence-electron chi connectivity index (χ0n) is 13.6. The van der Waals surface area contributed by atoms with Crippen molar-refractivity contribution in [2.24, 2.45) is 11.7 Å². The van der Waals surface area contributed by atoms with E-state index in [2.05, 4.69) is 12.2 Å². The van der Waals surface area contributed by atoms with Gasteiger partial charge in [0.2, 0.25) is 0 Å². The van der Waals surface area contributed by atoms with Crippen molar-refractivity contribution in [3.05, 3.63) is 51.4 Å². The number of carbonyl (C=O) groups is 3. The van der Waals surface area contributed by atoms with E-state index in [-0.39, 0.29) is 11.1 Å². The van der Waals surface area contributed by atoms with Crippen LogP contribution in [0.1, 0.15) is 54.9 Å². The molecule has 0 spiro atoms. The van der Waals surface area contributed by atoms with Crippen LogP contribution in [0.3, 0.4) is 0 Å². The van der Waals surface area contributed by atoms with E-state index < -0.39 is 17.8 Å². The molecule has 1 aromatic carbocycles. The molecule has 1 atom stereocenters. The van der Waals surface area contributed by atoms with Gasteiger partial charge >= 0.3 is 0 Å². The van der Waals surface area contributed by atoms with Crippen LogP contribution in [-0.2, 0) is 12.8 Å². The van der Waals surface area contributed by atoms with Crippen molar-refractivity contribution in [2.75, 3.05) is 5.32 Å². The van der Waals surface area contributed by atoms with Gasteiger partial charge in [-0.2, -0.15) is 0 Å². The highest BCUT2D eigenvalue weighted by Crippen LogP contribution is 2.39. The van der Waals surface area contributed by atoms with E-state index in [0.717, 1.165) is 29.7 Å². The van der Waals surface area contributed by atoms with E-state index in [9.17, 15) is 19.5 Å². The maximum absolute atomic E-state index is 12.5. The topological polar surface area (TPSA) is 112 Å². The van der Waals surface area contributed by atoms with Crippen LogP contribution in [0.25, 0.3) is 0 Å². The molecule has 3 rings (SSSR count). The number of carbonyl (C=O) groups excluding carboxylic acids is 3. The van der Waals surface area contributed by atoms with Crippen LogP contribution in [0.2, 0.25) is 0 Å². The predicted octanol–water partition coefficient (Wildman–Crippen LogP) is 1.59. The molecule has 1 aromatic heterocycles. The molecule has 0 fully saturated rings. The van der Waals surface area contributed by atoms with Crippen molar-refractivity contribution >= 4 is 34.1 Å². The number of benzene rings is 1. The zero-order chi connectivity index (χ0) is 18.1. The van der Waals surface area contributed by atoms with Crippen LogP contribution in [-0.4, -0.2) is 17.8 Å². The Morgan fingerprint density at radius 1 is 1.28 bits per heavy atom. The Balaban J connectivity index is 1.92. The Kier molecular flexibility index (Phi) is 4.59. The number of nitrogens with one attached hydrogen (secondary N) is 1. The minimum absolute atomic E-state index is 0.0814. The van der Waals surface area contributed by atoms with Gasteiger partial charge in [-0.15, -0.1) is 11.3 Å². The summed E-state index contributed by atoms with van der Waals surface area (Å²) < 4.78 is 0. The van der Waals surface area contributed by atoms with Crippen LogP contribution in [0.5, 0.6) is 0 Å². The van der Waals surface area contributed by atoms with E-state index in [4.69, 9.17) is 5.73 Å². The van der Waals surface area contributed by atoms with Crippen molar-refractivity contribution in [3.63, 3.8) is 0 Å². The zero-order valence-corrected chi connectivity index (χ0v) is 14.4. The molecule has 1 aliphatic rings. The quantitative estimate of drug-likeness (QED) is 0.865. The third-order valence-electron chi connectivity index (χ3n) is 4.35. The number of hydrogen-bond acceptors (Lipinski definition) is 5. The number of thiophene rings is 1. The highest BCUT2D eigenvalue weighted by atomic mass is 32.1. The lowest BCUT2D eigenvalue weighted by Crippen LogP contribution is -2.23. The first-order chi connectivity index (χ1) is 11.9. The summed E-state index contributed by atoms with van der Waals surface area (Å²) in [5.41, 5.74) is 6.92. The molecule has 0 radical (unpaired) electrons. The summed E-state index contributed by atoms with van der Waals surface area (Å²) in [5, 5.41) is 14.1. The summed E-state index contributed by atoms with van der Waals surface area (Å²) in [6.45, 7) is 2.15. The van der Waals surface area contributed by atoms with Gasteiger partial charge in [-0.3, -0.25) is 9.59 Å². The van der Waals surface area contributed by atoms with Crippen LogP contribution < -0.4 is 16.2 Å². The smallest absolute Gasteiger partial charge is 0.256 e. The van der Waals surface area contributed by atoms with Crippen LogP contribution in [0.4, 0.5) is 5.00 Å². The number of amides is 2. The molecule has 130 valence electrons. The average molecular weight is 357 g/mol. The van der Waals surface area contributed by atoms with E-state index in [0.29, 0.717) is 16.5 Å². The fourth-order valence-electron chi connectivity index (χ4n) is 3.06. The maximum atomic E-state index is 12.5. The Labute approximate surface area is 148 Å². The van der Waals surface area contributed by atoms with Gasteiger partial charge < -0.3 is 21.0 Å². The molecule has 0 saturated carbocycles. The van der Waals surface area contributed by atoms with Crippen molar-refractivity contribution in [1.29, 1.82) is 0 Å². The van der Waals surface area contributed by atoms with Gasteiger partial charge in [-0.05, 0) is 48.4 Å². The number of fused-ring (bicyclic) bond motifs is 1. The lowest BCUT2D eigenvalue weighted by Gasteiger charge is -2.18. The minimum atomic E-state index is -1.35. The lowest BCUT2D eigenvalue weighted by molar-refractivity contribution is -0.255. The van der Waals surface area contributed by atoms with Gasteiger partial charge in [0.05, 0.1) is 11.5 Å². The second kappa shape index (κ2) is 6.68. The second-order valence-electron chi connectivity index (χ2n) is 6.24. The molecule has 1 heterocycles. The summed E-state index contributed by atoms with van der Waals surface area (Å²) in [7, 11) is 0. The summed E-state index contributed by atoms with van der Waals surface area (Å²) in [6.07, 6.45) is 2.60. The Hall–Kier alpha value is -2.67. The standard InChI is InChI=1S/C18H18N2O4S/c1-9-5-6-12-13(7-9)25-17(14(12)15(19)21)20-16(22)10-3-2-4-11(8-10)18(23)24/h2-4,8-9H,5-7H2,1H3,(H2,19,21)(H,20,22)(H,23,24)/p-1. The SMILES string of the molecule is CC1CCc2c(sc(NC(=O)c3cccc(C(=O)[O-])c3)c2C(N)=O)C1. The summed E-state index contributed by atoms with van der Waals surface area (Å²) in [4.78, 5) is 36.4. The first-order valence-corrected chi connectivity index (χ1v) is 8.75. The molecule has 0 saturated heterocycles. The number of rotatable bonds is 4. The number of carboxylic acids is 1. The molecular formula is C18H17N2O4S-. The molecule has 6 nitrogen and oxygen atoms in total. The van der Waals surface area contributed by atoms with Crippen molar-refractivity contribution < 1.29 is 19.5 Å². The van der Waals surface area contributed by atoms with Crippen molar-refractivity contribution in [1.82, 2.24) is 0 Å². The molecule has 0 aliphatic heterocycles. The lowest BCUT2D eigenvalue weighted by atomic mass is 9.88. The molecule has 1 aliphatic carbocycles. The fourth-order valence-corrected chi connectivity index (χ4v) is 4.47. The first-order valence-electron chi connectivity index (χ1n) is 7.94. The van der Waals surface area contributed by atoms with Crippen LogP contribution in [0.15, 0.2) is 24.3 Å². The van der Waals surface area contributed by atoms with Gasteiger partial charge in [-0.1, -0.05) is 19.1 Å². The summed E-state index contributed by atoms with van der Waals surface area (Å²) in [6, 6.07) is 5.56. The predicted molar refractivity (Wildman–Crippen MR) is 92.8 cm³/mol. The Morgan fingerprint density at radius 2 is 2.00 bits per heavy atom. The maximum Gasteiger partial charge on any atom is 0.256 e. The van der Waals surface area contributed by atoms with Crippen molar-refractivity contribution in [2.45, 2.75) is 26.2 Å². The highest BCUT2D eigenvalue weighted by Gasteiger charge is 2.27. The molecule has 2 aromatic rings. The normalized spacial score (nSPS) is 16.1. The monoisotopic (exact) mass is 357 g/mol. The Morgan fingerprint density at radius 3 is 2.68 bits per heavy atom. The molecule has 3 N–H and O–H groups in total. The molecule has 25 heavy (non-hydrogen) atoms. The van der Waals surface area contributed by atoms with E-state index >= 15 is 0 Å². The average Bonchev–Trinajstić information content (AvgIpc) is 2.91. The Bertz CT molecular complexity index is 872. The molecule has 1 unspecified atom stereocenters. The number of hydrogen-bond donors (Lipinski definition) is 2. The van der Waals surface area contributed by atoms with Gasteiger partial charge in [0.15, 0.2) is 0 Å². The second-order valence-corrected chi connectivity index (χ2v) is 7.35. The molecule has 0 bridgehead atoms. The van der Waals surface area contributed by atoms with Gasteiger partial charge in [0, 0.05) is 10.4 Å². The molecular weight excluding hydrogens is 340 g/mol. The summed E-state index contributed by atoms with van der Waals surface area (Å²) >= 11 is 1.37. The van der Waals surface area contributed by atoms with E-state index in [1.54, 1.807) is 0 Å². The number of nitrogens with two attached hydrogens (primary N) is 1. The van der Waals surface area contributed by atoms with Crippen molar-refractivity contribution in [3.8, 4) is 0 Å². The van der Waals surface area contributed by atoms with E-state index in [1.165, 1.54) is 35.6 Å². The first kappa shape index (κ1) is 17.2. The fraction of sp³-hybridized carbons (Fsp3) is 0.278. The third kappa shape index (κ3) is 3.41. The van der Waals surface area contributed by atoms with Gasteiger partial charge in [-0.25, -0.2) is 0 Å². The number of anilines is 1. The number of primary amides is 1. The van der Waals surface area contributed by atoms with Crippen LogP contribution in [0, 0.1) is 5.92 Å². The number of aromatic carboxylic acids is 1. The highest BCUT2D eigenvalue weighted by molar-refractivity contribution is 7.17. The molecule has 7 heteroatoms. The van der Waals surface area contributed by atoms with Crippen LogP contribution >= 0.6 is 11.3 Å². The molecule has 2 amide bonds. The van der Waals surface area contributed by atoms with Gasteiger partial charge in [0.1, 0.15) is 5.00 Å². The number of carboxylic acid groups (broad SMARTS) is 1. The summed E-state index contributed by atoms with van der Waals surface area (Å²) in [5.74, 6) is -1.88.